The molecule has 0 spiro atoms. The Morgan fingerprint density at radius 1 is 1.30 bits per heavy atom. The smallest absolute Gasteiger partial charge is 0.268 e. The molecule has 2 aromatic heterocycles. The normalized spacial score (nSPS) is 10.6. The van der Waals surface area contributed by atoms with E-state index in [1.54, 1.807) is 30.6 Å². The molecule has 100 valence electrons. The number of carbonyl (C=O) groups excluding carboxylic acids is 1. The molecule has 0 unspecified atom stereocenters. The van der Waals surface area contributed by atoms with Gasteiger partial charge in [0.1, 0.15) is 5.69 Å². The molecule has 0 atom stereocenters. The Balaban J connectivity index is 1.86. The Bertz CT molecular complexity index is 805. The van der Waals surface area contributed by atoms with Crippen molar-refractivity contribution in [1.82, 2.24) is 20.5 Å². The molecule has 3 rings (SSSR count). The van der Waals surface area contributed by atoms with Crippen molar-refractivity contribution in [2.45, 2.75) is 6.54 Å². The van der Waals surface area contributed by atoms with Crippen molar-refractivity contribution < 1.29 is 4.79 Å². The number of hydrogen-bond acceptors (Lipinski definition) is 3. The summed E-state index contributed by atoms with van der Waals surface area (Å²) in [6.45, 7) is 0.351. The lowest BCUT2D eigenvalue weighted by Crippen LogP contribution is -2.25. The van der Waals surface area contributed by atoms with Crippen molar-refractivity contribution in [2.24, 2.45) is 0 Å². The minimum Gasteiger partial charge on any atom is -0.350 e. The van der Waals surface area contributed by atoms with Crippen LogP contribution in [0.25, 0.3) is 10.9 Å². The van der Waals surface area contributed by atoms with E-state index in [0.29, 0.717) is 17.4 Å². The van der Waals surface area contributed by atoms with Crippen LogP contribution in [0.3, 0.4) is 0 Å². The highest BCUT2D eigenvalue weighted by molar-refractivity contribution is 5.94. The fourth-order valence-electron chi connectivity index (χ4n) is 1.97. The van der Waals surface area contributed by atoms with Gasteiger partial charge in [0.2, 0.25) is 0 Å². The second kappa shape index (κ2) is 5.00. The third-order valence-corrected chi connectivity index (χ3v) is 2.99. The maximum Gasteiger partial charge on any atom is 0.268 e. The van der Waals surface area contributed by atoms with Crippen LogP contribution < -0.4 is 10.7 Å². The SMILES string of the molecule is O=C(NCc1cn[nH]c1)c1cc(=O)c2ccccc2[nH]1. The van der Waals surface area contributed by atoms with E-state index in [4.69, 9.17) is 0 Å². The van der Waals surface area contributed by atoms with E-state index in [9.17, 15) is 9.59 Å². The summed E-state index contributed by atoms with van der Waals surface area (Å²) in [6, 6.07) is 8.40. The van der Waals surface area contributed by atoms with Crippen molar-refractivity contribution in [3.63, 3.8) is 0 Å². The van der Waals surface area contributed by atoms with Crippen LogP contribution >= 0.6 is 0 Å². The average Bonchev–Trinajstić information content (AvgIpc) is 2.98. The zero-order valence-electron chi connectivity index (χ0n) is 10.5. The van der Waals surface area contributed by atoms with Gasteiger partial charge < -0.3 is 10.3 Å². The van der Waals surface area contributed by atoms with Crippen LogP contribution in [-0.2, 0) is 6.54 Å². The van der Waals surface area contributed by atoms with Gasteiger partial charge in [-0.15, -0.1) is 0 Å². The first-order chi connectivity index (χ1) is 9.74. The lowest BCUT2D eigenvalue weighted by molar-refractivity contribution is 0.0946. The Kier molecular flexibility index (Phi) is 3.04. The number of H-pyrrole nitrogens is 2. The quantitative estimate of drug-likeness (QED) is 0.666. The summed E-state index contributed by atoms with van der Waals surface area (Å²) in [7, 11) is 0. The number of fused-ring (bicyclic) bond motifs is 1. The van der Waals surface area contributed by atoms with Gasteiger partial charge in [-0.3, -0.25) is 14.7 Å². The van der Waals surface area contributed by atoms with Gasteiger partial charge in [-0.05, 0) is 12.1 Å². The van der Waals surface area contributed by atoms with E-state index in [-0.39, 0.29) is 17.0 Å². The standard InChI is InChI=1S/C14H12N4O2/c19-13-5-12(18-11-4-2-1-3-10(11)13)14(20)15-6-9-7-16-17-8-9/h1-5,7-8H,6H2,(H,15,20)(H,16,17)(H,18,19). The zero-order valence-corrected chi connectivity index (χ0v) is 10.5. The van der Waals surface area contributed by atoms with E-state index in [0.717, 1.165) is 5.56 Å². The molecule has 0 aliphatic rings. The lowest BCUT2D eigenvalue weighted by Gasteiger charge is -2.05. The first-order valence-electron chi connectivity index (χ1n) is 6.12. The molecule has 3 N–H and O–H groups in total. The largest absolute Gasteiger partial charge is 0.350 e. The number of aromatic nitrogens is 3. The highest BCUT2D eigenvalue weighted by atomic mass is 16.2. The Labute approximate surface area is 113 Å². The van der Waals surface area contributed by atoms with Crippen LogP contribution in [0.15, 0.2) is 47.5 Å². The van der Waals surface area contributed by atoms with Crippen molar-refractivity contribution in [3.05, 3.63) is 64.2 Å². The minimum atomic E-state index is -0.325. The predicted molar refractivity (Wildman–Crippen MR) is 74.3 cm³/mol. The van der Waals surface area contributed by atoms with E-state index in [2.05, 4.69) is 20.5 Å². The topological polar surface area (TPSA) is 90.6 Å². The fourth-order valence-corrected chi connectivity index (χ4v) is 1.97. The Morgan fingerprint density at radius 3 is 2.95 bits per heavy atom. The number of aromatic amines is 2. The lowest BCUT2D eigenvalue weighted by atomic mass is 10.2. The van der Waals surface area contributed by atoms with Crippen LogP contribution in [0.4, 0.5) is 0 Å². The van der Waals surface area contributed by atoms with Crippen LogP contribution in [0.5, 0.6) is 0 Å². The number of rotatable bonds is 3. The van der Waals surface area contributed by atoms with Gasteiger partial charge in [0.05, 0.1) is 6.20 Å². The van der Waals surface area contributed by atoms with Crippen LogP contribution in [0, 0.1) is 0 Å². The summed E-state index contributed by atoms with van der Waals surface area (Å²) < 4.78 is 0. The molecular weight excluding hydrogens is 256 g/mol. The van der Waals surface area contributed by atoms with E-state index in [1.165, 1.54) is 6.07 Å². The molecule has 1 amide bonds. The number of carbonyl (C=O) groups is 1. The Morgan fingerprint density at radius 2 is 2.15 bits per heavy atom. The molecule has 6 nitrogen and oxygen atoms in total. The highest BCUT2D eigenvalue weighted by Crippen LogP contribution is 2.07. The van der Waals surface area contributed by atoms with Crippen molar-refractivity contribution >= 4 is 16.8 Å². The predicted octanol–water partition coefficient (Wildman–Crippen LogP) is 1.18. The molecule has 3 aromatic rings. The first kappa shape index (κ1) is 12.2. The molecule has 0 fully saturated rings. The summed E-state index contributed by atoms with van der Waals surface area (Å²) in [6.07, 6.45) is 3.33. The molecule has 1 aromatic carbocycles. The van der Waals surface area contributed by atoms with Gasteiger partial charge in [0, 0.05) is 35.3 Å². The van der Waals surface area contributed by atoms with Gasteiger partial charge in [0.15, 0.2) is 5.43 Å². The van der Waals surface area contributed by atoms with Gasteiger partial charge in [-0.1, -0.05) is 12.1 Å². The summed E-state index contributed by atoms with van der Waals surface area (Å²) in [5.74, 6) is -0.325. The third-order valence-electron chi connectivity index (χ3n) is 2.99. The summed E-state index contributed by atoms with van der Waals surface area (Å²) in [5.41, 5.74) is 1.58. The van der Waals surface area contributed by atoms with Gasteiger partial charge in [0.25, 0.3) is 5.91 Å². The van der Waals surface area contributed by atoms with Gasteiger partial charge in [-0.2, -0.15) is 5.10 Å². The average molecular weight is 268 g/mol. The summed E-state index contributed by atoms with van der Waals surface area (Å²) in [5, 5.41) is 9.75. The maximum atomic E-state index is 12.0. The number of amides is 1. The number of pyridine rings is 1. The fraction of sp³-hybridized carbons (Fsp3) is 0.0714. The number of nitrogens with zero attached hydrogens (tertiary/aromatic N) is 1. The highest BCUT2D eigenvalue weighted by Gasteiger charge is 2.09. The number of para-hydroxylation sites is 1. The molecule has 20 heavy (non-hydrogen) atoms. The summed E-state index contributed by atoms with van der Waals surface area (Å²) >= 11 is 0. The van der Waals surface area contributed by atoms with Crippen LogP contribution in [0.2, 0.25) is 0 Å². The first-order valence-corrected chi connectivity index (χ1v) is 6.12. The molecule has 0 saturated heterocycles. The van der Waals surface area contributed by atoms with Crippen molar-refractivity contribution in [3.8, 4) is 0 Å². The molecule has 0 aliphatic heterocycles. The van der Waals surface area contributed by atoms with E-state index < -0.39 is 0 Å². The molecule has 2 heterocycles. The summed E-state index contributed by atoms with van der Waals surface area (Å²) in [4.78, 5) is 26.9. The molecular formula is C14H12N4O2. The monoisotopic (exact) mass is 268 g/mol. The zero-order chi connectivity index (χ0) is 13.9. The number of nitrogens with one attached hydrogen (secondary N) is 3. The Hall–Kier alpha value is -2.89. The molecule has 6 heteroatoms. The van der Waals surface area contributed by atoms with Gasteiger partial charge in [-0.25, -0.2) is 0 Å². The molecule has 0 aliphatic carbocycles. The van der Waals surface area contributed by atoms with Gasteiger partial charge >= 0.3 is 0 Å². The molecule has 0 radical (unpaired) electrons. The second-order valence-corrected chi connectivity index (χ2v) is 4.38. The van der Waals surface area contributed by atoms with Crippen molar-refractivity contribution in [1.29, 1.82) is 0 Å². The number of benzene rings is 1. The third kappa shape index (κ3) is 2.31. The van der Waals surface area contributed by atoms with Crippen molar-refractivity contribution in [2.75, 3.05) is 0 Å². The van der Waals surface area contributed by atoms with Crippen LogP contribution in [0.1, 0.15) is 16.1 Å². The maximum absolute atomic E-state index is 12.0. The molecule has 0 bridgehead atoms. The van der Waals surface area contributed by atoms with Crippen LogP contribution in [-0.4, -0.2) is 21.1 Å². The number of hydrogen-bond donors (Lipinski definition) is 3. The minimum absolute atomic E-state index is 0.173. The molecule has 0 saturated carbocycles. The van der Waals surface area contributed by atoms with E-state index >= 15 is 0 Å². The second-order valence-electron chi connectivity index (χ2n) is 4.38. The van der Waals surface area contributed by atoms with E-state index in [1.807, 2.05) is 6.07 Å².